The molecule has 0 radical (unpaired) electrons. The van der Waals surface area contributed by atoms with Crippen molar-refractivity contribution >= 4 is 25.7 Å². The van der Waals surface area contributed by atoms with Crippen molar-refractivity contribution in [3.63, 3.8) is 0 Å². The fourth-order valence-corrected chi connectivity index (χ4v) is 5.55. The van der Waals surface area contributed by atoms with Crippen molar-refractivity contribution in [3.8, 4) is 0 Å². The van der Waals surface area contributed by atoms with Gasteiger partial charge in [0.15, 0.2) is 0 Å². The fraction of sp³-hybridized carbons (Fsp3) is 0.333. The SMILES string of the molecule is O=S(=O)(NCCS(=O)(=O)N1CCN(c2ccccc2F)CC1)c1ccccc1. The number of hydrogen-bond acceptors (Lipinski definition) is 5. The Balaban J connectivity index is 1.54. The van der Waals surface area contributed by atoms with Crippen molar-refractivity contribution in [1.82, 2.24) is 9.03 Å². The highest BCUT2D eigenvalue weighted by Crippen LogP contribution is 2.21. The number of hydrogen-bond donors (Lipinski definition) is 1. The monoisotopic (exact) mass is 427 g/mol. The Morgan fingerprint density at radius 1 is 0.857 bits per heavy atom. The molecular formula is C18H22FN3O4S2. The van der Waals surface area contributed by atoms with Gasteiger partial charge in [0.2, 0.25) is 20.0 Å². The van der Waals surface area contributed by atoms with Crippen LogP contribution in [0.3, 0.4) is 0 Å². The lowest BCUT2D eigenvalue weighted by Crippen LogP contribution is -2.50. The number of anilines is 1. The molecule has 0 aliphatic carbocycles. The lowest BCUT2D eigenvalue weighted by atomic mass is 10.2. The van der Waals surface area contributed by atoms with E-state index in [1.165, 1.54) is 22.5 Å². The van der Waals surface area contributed by atoms with Crippen LogP contribution in [0.25, 0.3) is 0 Å². The molecule has 0 bridgehead atoms. The second kappa shape index (κ2) is 8.56. The van der Waals surface area contributed by atoms with Crippen molar-refractivity contribution in [2.75, 3.05) is 43.4 Å². The van der Waals surface area contributed by atoms with E-state index in [0.29, 0.717) is 18.8 Å². The molecule has 152 valence electrons. The van der Waals surface area contributed by atoms with Crippen LogP contribution >= 0.6 is 0 Å². The van der Waals surface area contributed by atoms with Crippen LogP contribution in [0.1, 0.15) is 0 Å². The Hall–Kier alpha value is -2.01. The minimum absolute atomic E-state index is 0.0888. The molecule has 0 atom stereocenters. The number of benzene rings is 2. The van der Waals surface area contributed by atoms with Crippen molar-refractivity contribution in [2.24, 2.45) is 0 Å². The highest BCUT2D eigenvalue weighted by atomic mass is 32.2. The summed E-state index contributed by atoms with van der Waals surface area (Å²) >= 11 is 0. The van der Waals surface area contributed by atoms with E-state index in [4.69, 9.17) is 0 Å². The number of para-hydroxylation sites is 1. The molecule has 1 saturated heterocycles. The van der Waals surface area contributed by atoms with E-state index in [1.807, 2.05) is 0 Å². The summed E-state index contributed by atoms with van der Waals surface area (Å²) in [6, 6.07) is 14.2. The standard InChI is InChI=1S/C18H22FN3O4S2/c19-17-8-4-5-9-18(17)21-11-13-22(14-12-21)27(23,24)15-10-20-28(25,26)16-6-2-1-3-7-16/h1-9,20H,10-15H2. The van der Waals surface area contributed by atoms with Crippen LogP contribution in [0.2, 0.25) is 0 Å². The first-order valence-electron chi connectivity index (χ1n) is 8.82. The molecule has 0 aromatic heterocycles. The van der Waals surface area contributed by atoms with E-state index < -0.39 is 20.0 Å². The Morgan fingerprint density at radius 3 is 2.11 bits per heavy atom. The van der Waals surface area contributed by atoms with E-state index in [1.54, 1.807) is 41.3 Å². The Bertz CT molecular complexity index is 1010. The Labute approximate surface area is 164 Å². The third-order valence-electron chi connectivity index (χ3n) is 4.53. The zero-order chi connectivity index (χ0) is 20.2. The molecule has 3 rings (SSSR count). The van der Waals surface area contributed by atoms with Crippen molar-refractivity contribution < 1.29 is 21.2 Å². The number of rotatable bonds is 7. The van der Waals surface area contributed by atoms with Crippen LogP contribution < -0.4 is 9.62 Å². The third kappa shape index (κ3) is 4.88. The first kappa shape index (κ1) is 20.7. The average Bonchev–Trinajstić information content (AvgIpc) is 2.69. The van der Waals surface area contributed by atoms with E-state index >= 15 is 0 Å². The van der Waals surface area contributed by atoms with Crippen LogP contribution in [0.15, 0.2) is 59.5 Å². The van der Waals surface area contributed by atoms with E-state index in [2.05, 4.69) is 4.72 Å². The van der Waals surface area contributed by atoms with Crippen molar-refractivity contribution in [1.29, 1.82) is 0 Å². The molecule has 10 heteroatoms. The van der Waals surface area contributed by atoms with Gasteiger partial charge in [-0.3, -0.25) is 0 Å². The molecule has 0 spiro atoms. The lowest BCUT2D eigenvalue weighted by molar-refractivity contribution is 0.383. The summed E-state index contributed by atoms with van der Waals surface area (Å²) in [4.78, 5) is 1.89. The Morgan fingerprint density at radius 2 is 1.46 bits per heavy atom. The predicted octanol–water partition coefficient (Wildman–Crippen LogP) is 1.26. The highest BCUT2D eigenvalue weighted by Gasteiger charge is 2.28. The van der Waals surface area contributed by atoms with Crippen LogP contribution in [-0.2, 0) is 20.0 Å². The third-order valence-corrected chi connectivity index (χ3v) is 7.88. The average molecular weight is 428 g/mol. The summed E-state index contributed by atoms with van der Waals surface area (Å²) in [5, 5.41) is 0. The number of piperazine rings is 1. The van der Waals surface area contributed by atoms with Gasteiger partial charge in [0.05, 0.1) is 16.3 Å². The number of halogens is 1. The second-order valence-corrected chi connectivity index (χ2v) is 10.2. The summed E-state index contributed by atoms with van der Waals surface area (Å²) in [6.07, 6.45) is 0. The summed E-state index contributed by atoms with van der Waals surface area (Å²) in [6.45, 7) is 0.975. The van der Waals surface area contributed by atoms with Gasteiger partial charge in [-0.2, -0.15) is 4.31 Å². The minimum atomic E-state index is -3.75. The number of nitrogens with one attached hydrogen (secondary N) is 1. The minimum Gasteiger partial charge on any atom is -0.367 e. The van der Waals surface area contributed by atoms with Gasteiger partial charge in [0.1, 0.15) is 5.82 Å². The smallest absolute Gasteiger partial charge is 0.240 e. The van der Waals surface area contributed by atoms with Gasteiger partial charge in [-0.1, -0.05) is 30.3 Å². The zero-order valence-corrected chi connectivity index (χ0v) is 16.8. The fourth-order valence-electron chi connectivity index (χ4n) is 3.03. The molecule has 1 fully saturated rings. The van der Waals surface area contributed by atoms with Crippen LogP contribution in [0, 0.1) is 5.82 Å². The zero-order valence-electron chi connectivity index (χ0n) is 15.2. The maximum absolute atomic E-state index is 13.9. The molecule has 28 heavy (non-hydrogen) atoms. The van der Waals surface area contributed by atoms with Gasteiger partial charge >= 0.3 is 0 Å². The normalized spacial score (nSPS) is 16.2. The molecule has 1 aliphatic heterocycles. The quantitative estimate of drug-likeness (QED) is 0.719. The predicted molar refractivity (Wildman–Crippen MR) is 106 cm³/mol. The lowest BCUT2D eigenvalue weighted by Gasteiger charge is -2.35. The maximum atomic E-state index is 13.9. The molecule has 1 aliphatic rings. The molecule has 0 unspecified atom stereocenters. The first-order valence-corrected chi connectivity index (χ1v) is 11.9. The molecule has 1 N–H and O–H groups in total. The summed E-state index contributed by atoms with van der Waals surface area (Å²) in [5.41, 5.74) is 0.454. The first-order chi connectivity index (χ1) is 13.3. The highest BCUT2D eigenvalue weighted by molar-refractivity contribution is 7.90. The molecular weight excluding hydrogens is 405 g/mol. The summed E-state index contributed by atoms with van der Waals surface area (Å²) in [7, 11) is -7.36. The number of sulfonamides is 2. The maximum Gasteiger partial charge on any atom is 0.240 e. The van der Waals surface area contributed by atoms with Gasteiger partial charge in [0.25, 0.3) is 0 Å². The summed E-state index contributed by atoms with van der Waals surface area (Å²) in [5.74, 6) is -0.673. The molecule has 0 amide bonds. The van der Waals surface area contributed by atoms with E-state index in [9.17, 15) is 21.2 Å². The van der Waals surface area contributed by atoms with Gasteiger partial charge in [0, 0.05) is 32.7 Å². The molecule has 7 nitrogen and oxygen atoms in total. The molecule has 0 saturated carbocycles. The second-order valence-electron chi connectivity index (χ2n) is 6.36. The van der Waals surface area contributed by atoms with Crippen LogP contribution in [0.5, 0.6) is 0 Å². The van der Waals surface area contributed by atoms with Crippen molar-refractivity contribution in [2.45, 2.75) is 4.90 Å². The topological polar surface area (TPSA) is 86.8 Å². The van der Waals surface area contributed by atoms with Gasteiger partial charge in [-0.25, -0.2) is 25.9 Å². The van der Waals surface area contributed by atoms with E-state index in [-0.39, 0.29) is 36.1 Å². The van der Waals surface area contributed by atoms with E-state index in [0.717, 1.165) is 0 Å². The number of nitrogens with zero attached hydrogens (tertiary/aromatic N) is 2. The van der Waals surface area contributed by atoms with Gasteiger partial charge < -0.3 is 4.90 Å². The van der Waals surface area contributed by atoms with Crippen LogP contribution in [0.4, 0.5) is 10.1 Å². The molecule has 2 aromatic carbocycles. The van der Waals surface area contributed by atoms with Gasteiger partial charge in [-0.15, -0.1) is 0 Å². The molecule has 2 aromatic rings. The van der Waals surface area contributed by atoms with Crippen LogP contribution in [-0.4, -0.2) is 59.6 Å². The van der Waals surface area contributed by atoms with Gasteiger partial charge in [-0.05, 0) is 24.3 Å². The Kier molecular flexibility index (Phi) is 6.33. The largest absolute Gasteiger partial charge is 0.367 e. The van der Waals surface area contributed by atoms with Crippen molar-refractivity contribution in [3.05, 3.63) is 60.4 Å². The molecule has 1 heterocycles. The summed E-state index contributed by atoms with van der Waals surface area (Å²) < 4.78 is 66.9.